The Bertz CT molecular complexity index is 641. The molecule has 19 heavy (non-hydrogen) atoms. The highest BCUT2D eigenvalue weighted by Gasteiger charge is 2.44. The maximum Gasteiger partial charge on any atom is 0.246 e. The van der Waals surface area contributed by atoms with E-state index < -0.39 is 4.32 Å². The summed E-state index contributed by atoms with van der Waals surface area (Å²) in [5.74, 6) is -0.0244. The Morgan fingerprint density at radius 1 is 1.11 bits per heavy atom. The highest BCUT2D eigenvalue weighted by molar-refractivity contribution is 9.10. The van der Waals surface area contributed by atoms with Gasteiger partial charge >= 0.3 is 0 Å². The van der Waals surface area contributed by atoms with Crippen molar-refractivity contribution in [2.45, 2.75) is 10.7 Å². The van der Waals surface area contributed by atoms with E-state index in [0.29, 0.717) is 11.4 Å². The number of fused-ring (bicyclic) bond motifs is 1. The number of carbonyl (C=O) groups excluding carboxylic acids is 1. The van der Waals surface area contributed by atoms with Crippen molar-refractivity contribution in [3.05, 3.63) is 64.7 Å². The van der Waals surface area contributed by atoms with Crippen LogP contribution in [0, 0.1) is 0 Å². The number of hydrogen-bond acceptors (Lipinski definition) is 1. The molecule has 1 aliphatic heterocycles. The summed E-state index contributed by atoms with van der Waals surface area (Å²) in [4.78, 5) is 12.2. The van der Waals surface area contributed by atoms with Gasteiger partial charge in [-0.1, -0.05) is 57.9 Å². The molecule has 1 aliphatic rings. The van der Waals surface area contributed by atoms with Gasteiger partial charge in [-0.05, 0) is 23.8 Å². The number of hydrogen-bond donors (Lipinski definition) is 1. The molecule has 2 aromatic rings. The molecule has 0 radical (unpaired) electrons. The molecule has 2 nitrogen and oxygen atoms in total. The van der Waals surface area contributed by atoms with Crippen LogP contribution in [0.2, 0.25) is 5.02 Å². The lowest BCUT2D eigenvalue weighted by Crippen LogP contribution is -2.30. The summed E-state index contributed by atoms with van der Waals surface area (Å²) in [5.41, 5.74) is 2.92. The lowest BCUT2D eigenvalue weighted by molar-refractivity contribution is -0.117. The smallest absolute Gasteiger partial charge is 0.246 e. The van der Waals surface area contributed by atoms with Gasteiger partial charge in [0.15, 0.2) is 0 Å². The molecule has 0 spiro atoms. The Morgan fingerprint density at radius 2 is 1.79 bits per heavy atom. The number of halogens is 2. The third-order valence-corrected chi connectivity index (χ3v) is 4.64. The van der Waals surface area contributed by atoms with Gasteiger partial charge < -0.3 is 5.32 Å². The standard InChI is InChI=1S/C15H11BrClNO/c16-15(9-10-5-7-11(17)8-6-10)12-3-1-2-4-13(12)18-14(15)19/h1-8H,9H2,(H,18,19). The summed E-state index contributed by atoms with van der Waals surface area (Å²) in [6.07, 6.45) is 0.590. The Balaban J connectivity index is 1.99. The SMILES string of the molecule is O=C1Nc2ccccc2C1(Br)Cc1ccc(Cl)cc1. The Hall–Kier alpha value is -1.32. The highest BCUT2D eigenvalue weighted by atomic mass is 79.9. The van der Waals surface area contributed by atoms with Crippen LogP contribution >= 0.6 is 27.5 Å². The van der Waals surface area contributed by atoms with Crippen molar-refractivity contribution in [1.29, 1.82) is 0 Å². The fraction of sp³-hybridized carbons (Fsp3) is 0.133. The first-order valence-electron chi connectivity index (χ1n) is 5.94. The van der Waals surface area contributed by atoms with Crippen LogP contribution in [0.4, 0.5) is 5.69 Å². The molecule has 3 rings (SSSR count). The topological polar surface area (TPSA) is 29.1 Å². The van der Waals surface area contributed by atoms with Crippen LogP contribution in [0.5, 0.6) is 0 Å². The molecule has 4 heteroatoms. The third kappa shape index (κ3) is 2.17. The van der Waals surface area contributed by atoms with E-state index in [4.69, 9.17) is 11.6 Å². The van der Waals surface area contributed by atoms with E-state index in [-0.39, 0.29) is 5.91 Å². The van der Waals surface area contributed by atoms with Crippen molar-refractivity contribution in [3.63, 3.8) is 0 Å². The van der Waals surface area contributed by atoms with Crippen molar-refractivity contribution in [1.82, 2.24) is 0 Å². The quantitative estimate of drug-likeness (QED) is 0.821. The molecular formula is C15H11BrClNO. The molecule has 0 bridgehead atoms. The predicted octanol–water partition coefficient (Wildman–Crippen LogP) is 4.13. The van der Waals surface area contributed by atoms with E-state index in [1.807, 2.05) is 48.5 Å². The van der Waals surface area contributed by atoms with E-state index in [1.165, 1.54) is 0 Å². The van der Waals surface area contributed by atoms with Crippen LogP contribution in [0.3, 0.4) is 0 Å². The summed E-state index contributed by atoms with van der Waals surface area (Å²) < 4.78 is -0.697. The van der Waals surface area contributed by atoms with Gasteiger partial charge in [0, 0.05) is 22.7 Å². The maximum absolute atomic E-state index is 12.2. The van der Waals surface area contributed by atoms with Crippen LogP contribution < -0.4 is 5.32 Å². The molecule has 0 saturated heterocycles. The third-order valence-electron chi connectivity index (χ3n) is 3.32. The zero-order chi connectivity index (χ0) is 13.5. The van der Waals surface area contributed by atoms with Gasteiger partial charge in [0.05, 0.1) is 0 Å². The number of carbonyl (C=O) groups is 1. The molecule has 0 aromatic heterocycles. The van der Waals surface area contributed by atoms with E-state index in [2.05, 4.69) is 21.2 Å². The van der Waals surface area contributed by atoms with Crippen molar-refractivity contribution >= 4 is 39.1 Å². The minimum atomic E-state index is -0.697. The van der Waals surface area contributed by atoms with E-state index in [1.54, 1.807) is 0 Å². The van der Waals surface area contributed by atoms with Crippen LogP contribution in [0.1, 0.15) is 11.1 Å². The molecular weight excluding hydrogens is 326 g/mol. The number of benzene rings is 2. The first-order chi connectivity index (χ1) is 9.09. The van der Waals surface area contributed by atoms with Crippen LogP contribution in [-0.4, -0.2) is 5.91 Å². The van der Waals surface area contributed by atoms with Gasteiger partial charge in [-0.25, -0.2) is 0 Å². The molecule has 1 heterocycles. The summed E-state index contributed by atoms with van der Waals surface area (Å²) in [6, 6.07) is 15.3. The molecule has 96 valence electrons. The largest absolute Gasteiger partial charge is 0.324 e. The van der Waals surface area contributed by atoms with E-state index in [0.717, 1.165) is 16.8 Å². The number of rotatable bonds is 2. The van der Waals surface area contributed by atoms with Gasteiger partial charge in [-0.15, -0.1) is 0 Å². The number of nitrogens with one attached hydrogen (secondary N) is 1. The number of anilines is 1. The fourth-order valence-electron chi connectivity index (χ4n) is 2.34. The van der Waals surface area contributed by atoms with Gasteiger partial charge in [0.2, 0.25) is 5.91 Å². The highest BCUT2D eigenvalue weighted by Crippen LogP contribution is 2.44. The van der Waals surface area contributed by atoms with Crippen molar-refractivity contribution < 1.29 is 4.79 Å². The molecule has 1 amide bonds. The van der Waals surface area contributed by atoms with Crippen LogP contribution in [-0.2, 0) is 15.5 Å². The van der Waals surface area contributed by atoms with Crippen molar-refractivity contribution in [2.24, 2.45) is 0 Å². The minimum absolute atomic E-state index is 0.0244. The Morgan fingerprint density at radius 3 is 2.53 bits per heavy atom. The second-order valence-electron chi connectivity index (χ2n) is 4.60. The molecule has 1 N–H and O–H groups in total. The summed E-state index contributed by atoms with van der Waals surface area (Å²) >= 11 is 9.50. The van der Waals surface area contributed by atoms with Gasteiger partial charge in [0.25, 0.3) is 0 Å². The van der Waals surface area contributed by atoms with Gasteiger partial charge in [-0.3, -0.25) is 4.79 Å². The second-order valence-corrected chi connectivity index (χ2v) is 6.39. The number of amides is 1. The molecule has 1 unspecified atom stereocenters. The molecule has 2 aromatic carbocycles. The average Bonchev–Trinajstić information content (AvgIpc) is 2.65. The summed E-state index contributed by atoms with van der Waals surface area (Å²) in [5, 5.41) is 3.61. The van der Waals surface area contributed by atoms with Crippen molar-refractivity contribution in [3.8, 4) is 0 Å². The van der Waals surface area contributed by atoms with Crippen LogP contribution in [0.15, 0.2) is 48.5 Å². The second kappa shape index (κ2) is 4.66. The normalized spacial score (nSPS) is 21.1. The lowest BCUT2D eigenvalue weighted by Gasteiger charge is -2.20. The Labute approximate surface area is 124 Å². The minimum Gasteiger partial charge on any atom is -0.324 e. The lowest BCUT2D eigenvalue weighted by atomic mass is 9.93. The first kappa shape index (κ1) is 12.7. The molecule has 0 fully saturated rings. The summed E-state index contributed by atoms with van der Waals surface area (Å²) in [6.45, 7) is 0. The molecule has 0 saturated carbocycles. The van der Waals surface area contributed by atoms with E-state index >= 15 is 0 Å². The van der Waals surface area contributed by atoms with Gasteiger partial charge in [-0.2, -0.15) is 0 Å². The maximum atomic E-state index is 12.2. The molecule has 1 atom stereocenters. The summed E-state index contributed by atoms with van der Waals surface area (Å²) in [7, 11) is 0. The zero-order valence-corrected chi connectivity index (χ0v) is 12.3. The Kier molecular flexibility index (Phi) is 3.11. The number of alkyl halides is 1. The van der Waals surface area contributed by atoms with Crippen molar-refractivity contribution in [2.75, 3.05) is 5.32 Å². The first-order valence-corrected chi connectivity index (χ1v) is 7.11. The number of para-hydroxylation sites is 1. The average molecular weight is 337 g/mol. The van der Waals surface area contributed by atoms with Crippen LogP contribution in [0.25, 0.3) is 0 Å². The molecule has 0 aliphatic carbocycles. The zero-order valence-electron chi connectivity index (χ0n) is 9.99. The predicted molar refractivity (Wildman–Crippen MR) is 80.8 cm³/mol. The van der Waals surface area contributed by atoms with Gasteiger partial charge in [0.1, 0.15) is 4.32 Å². The fourth-order valence-corrected chi connectivity index (χ4v) is 3.24. The van der Waals surface area contributed by atoms with E-state index in [9.17, 15) is 4.79 Å². The monoisotopic (exact) mass is 335 g/mol.